The molecule has 0 amide bonds. The molecule has 3 N–H and O–H groups in total. The van der Waals surface area contributed by atoms with Crippen LogP contribution in [-0.4, -0.2) is 24.2 Å². The number of para-hydroxylation sites is 1. The average molecular weight is 502 g/mol. The first kappa shape index (κ1) is 22.7. The fourth-order valence-electron chi connectivity index (χ4n) is 3.79. The smallest absolute Gasteiger partial charge is 0.261 e. The minimum absolute atomic E-state index is 0.0630. The Morgan fingerprint density at radius 2 is 1.51 bits per heavy atom. The number of rotatable bonds is 6. The largest absolute Gasteiger partial charge is 0.494 e. The molecular formula is C27H20ClN3O3S. The number of aliphatic imine (C=N–C) groups is 1. The maximum atomic E-state index is 13.1. The van der Waals surface area contributed by atoms with Gasteiger partial charge >= 0.3 is 0 Å². The molecule has 5 aromatic rings. The number of nitrogens with zero attached hydrogens (tertiary/aromatic N) is 1. The lowest BCUT2D eigenvalue weighted by Gasteiger charge is -2.10. The van der Waals surface area contributed by atoms with Crippen LogP contribution in [0.3, 0.4) is 0 Å². The van der Waals surface area contributed by atoms with Gasteiger partial charge in [0, 0.05) is 27.2 Å². The Morgan fingerprint density at radius 3 is 2.20 bits per heavy atom. The van der Waals surface area contributed by atoms with Crippen molar-refractivity contribution in [3.63, 3.8) is 0 Å². The lowest BCUT2D eigenvalue weighted by Crippen LogP contribution is -2.12. The van der Waals surface area contributed by atoms with Crippen LogP contribution in [0.25, 0.3) is 10.9 Å². The number of hydrogen-bond acceptors (Lipinski definition) is 4. The first-order chi connectivity index (χ1) is 16.9. The Balaban J connectivity index is 1.67. The van der Waals surface area contributed by atoms with E-state index in [1.54, 1.807) is 54.6 Å². The fraction of sp³-hybridized carbons (Fsp3) is 0. The summed E-state index contributed by atoms with van der Waals surface area (Å²) in [5, 5.41) is 12.0. The van der Waals surface area contributed by atoms with Crippen molar-refractivity contribution in [3.05, 3.63) is 119 Å². The van der Waals surface area contributed by atoms with Gasteiger partial charge in [-0.1, -0.05) is 60.1 Å². The van der Waals surface area contributed by atoms with Crippen molar-refractivity contribution < 1.29 is 13.5 Å². The number of halogens is 1. The van der Waals surface area contributed by atoms with E-state index in [4.69, 9.17) is 16.6 Å². The molecule has 0 bridgehead atoms. The van der Waals surface area contributed by atoms with Crippen molar-refractivity contribution >= 4 is 49.6 Å². The minimum atomic E-state index is -3.87. The number of aromatic amines is 1. The number of fused-ring (bicyclic) bond motifs is 1. The monoisotopic (exact) mass is 501 g/mol. The molecule has 0 fully saturated rings. The van der Waals surface area contributed by atoms with E-state index in [0.29, 0.717) is 38.6 Å². The maximum Gasteiger partial charge on any atom is 0.261 e. The highest BCUT2D eigenvalue weighted by atomic mass is 35.5. The third kappa shape index (κ3) is 4.77. The summed E-state index contributed by atoms with van der Waals surface area (Å²) >= 11 is 6.03. The van der Waals surface area contributed by atoms with Gasteiger partial charge in [-0.3, -0.25) is 4.72 Å². The Labute approximate surface area is 207 Å². The molecule has 0 saturated carbocycles. The molecule has 0 saturated heterocycles. The molecule has 1 aromatic heterocycles. The van der Waals surface area contributed by atoms with Crippen molar-refractivity contribution in [3.8, 4) is 5.88 Å². The predicted octanol–water partition coefficient (Wildman–Crippen LogP) is 6.50. The Bertz CT molecular complexity index is 1630. The van der Waals surface area contributed by atoms with E-state index >= 15 is 0 Å². The van der Waals surface area contributed by atoms with Crippen LogP contribution in [0.15, 0.2) is 113 Å². The van der Waals surface area contributed by atoms with Crippen molar-refractivity contribution in [1.29, 1.82) is 0 Å². The third-order valence-corrected chi connectivity index (χ3v) is 7.07. The lowest BCUT2D eigenvalue weighted by atomic mass is 10.0. The van der Waals surface area contributed by atoms with Crippen LogP contribution in [-0.2, 0) is 10.0 Å². The summed E-state index contributed by atoms with van der Waals surface area (Å²) in [5.41, 5.74) is 3.32. The summed E-state index contributed by atoms with van der Waals surface area (Å²) in [4.78, 5) is 7.80. The van der Waals surface area contributed by atoms with Crippen molar-refractivity contribution in [2.45, 2.75) is 4.90 Å². The summed E-state index contributed by atoms with van der Waals surface area (Å²) in [5.74, 6) is -0.109. The van der Waals surface area contributed by atoms with Gasteiger partial charge in [-0.05, 0) is 54.6 Å². The number of hydrogen-bond donors (Lipinski definition) is 3. The van der Waals surface area contributed by atoms with E-state index in [0.717, 1.165) is 5.56 Å². The molecule has 0 spiro atoms. The predicted molar refractivity (Wildman–Crippen MR) is 140 cm³/mol. The summed E-state index contributed by atoms with van der Waals surface area (Å²) in [6.45, 7) is 0. The molecule has 174 valence electrons. The number of H-pyrrole nitrogens is 1. The van der Waals surface area contributed by atoms with E-state index in [2.05, 4.69) is 9.71 Å². The molecule has 0 unspecified atom stereocenters. The zero-order chi connectivity index (χ0) is 24.4. The zero-order valence-electron chi connectivity index (χ0n) is 18.3. The second-order valence-electron chi connectivity index (χ2n) is 7.83. The van der Waals surface area contributed by atoms with Crippen molar-refractivity contribution in [2.75, 3.05) is 4.72 Å². The van der Waals surface area contributed by atoms with Gasteiger partial charge in [0.25, 0.3) is 10.0 Å². The first-order valence-electron chi connectivity index (χ1n) is 10.7. The van der Waals surface area contributed by atoms with Gasteiger partial charge in [-0.15, -0.1) is 0 Å². The van der Waals surface area contributed by atoms with E-state index in [1.807, 2.05) is 36.4 Å². The molecule has 6 nitrogen and oxygen atoms in total. The zero-order valence-corrected chi connectivity index (χ0v) is 19.9. The fourth-order valence-corrected chi connectivity index (χ4v) is 5.00. The van der Waals surface area contributed by atoms with Crippen molar-refractivity contribution in [1.82, 2.24) is 4.98 Å². The van der Waals surface area contributed by atoms with Gasteiger partial charge in [0.2, 0.25) is 0 Å². The number of benzene rings is 4. The van der Waals surface area contributed by atoms with Gasteiger partial charge in [0.15, 0.2) is 5.88 Å². The lowest BCUT2D eigenvalue weighted by molar-refractivity contribution is 0.457. The van der Waals surface area contributed by atoms with Gasteiger partial charge in [-0.2, -0.15) is 0 Å². The van der Waals surface area contributed by atoms with E-state index in [-0.39, 0.29) is 10.8 Å². The summed E-state index contributed by atoms with van der Waals surface area (Å²) in [6, 6.07) is 29.7. The highest BCUT2D eigenvalue weighted by molar-refractivity contribution is 7.92. The highest BCUT2D eigenvalue weighted by Crippen LogP contribution is 2.33. The van der Waals surface area contributed by atoms with Crippen LogP contribution in [0.5, 0.6) is 5.88 Å². The molecule has 1 heterocycles. The Morgan fingerprint density at radius 1 is 0.857 bits per heavy atom. The number of sulfonamides is 1. The van der Waals surface area contributed by atoms with E-state index < -0.39 is 10.0 Å². The second-order valence-corrected chi connectivity index (χ2v) is 9.95. The molecule has 0 atom stereocenters. The molecule has 4 aromatic carbocycles. The molecule has 0 aliphatic carbocycles. The first-order valence-corrected chi connectivity index (χ1v) is 12.6. The van der Waals surface area contributed by atoms with Crippen LogP contribution in [0, 0.1) is 0 Å². The molecule has 35 heavy (non-hydrogen) atoms. The van der Waals surface area contributed by atoms with Gasteiger partial charge in [0.05, 0.1) is 21.9 Å². The van der Waals surface area contributed by atoms with Crippen molar-refractivity contribution in [2.24, 2.45) is 4.99 Å². The number of aromatic nitrogens is 1. The summed E-state index contributed by atoms with van der Waals surface area (Å²) in [6.07, 6.45) is 0. The number of nitrogens with one attached hydrogen (secondary N) is 2. The number of anilines is 1. The Kier molecular flexibility index (Phi) is 6.03. The quantitative estimate of drug-likeness (QED) is 0.232. The summed E-state index contributed by atoms with van der Waals surface area (Å²) in [7, 11) is -3.87. The molecule has 0 radical (unpaired) electrons. The van der Waals surface area contributed by atoms with Crippen LogP contribution >= 0.6 is 11.6 Å². The SMILES string of the molecule is O=S(=O)(Nc1ccccc1)c1ccc2[nH]c(O)c(C(=Nc3ccc(Cl)cc3)c3ccccc3)c2c1. The normalized spacial score (nSPS) is 12.1. The highest BCUT2D eigenvalue weighted by Gasteiger charge is 2.22. The molecule has 0 aliphatic heterocycles. The van der Waals surface area contributed by atoms with Gasteiger partial charge in [0.1, 0.15) is 0 Å². The Hall–Kier alpha value is -4.07. The van der Waals surface area contributed by atoms with Crippen LogP contribution < -0.4 is 4.72 Å². The van der Waals surface area contributed by atoms with E-state index in [1.165, 1.54) is 12.1 Å². The van der Waals surface area contributed by atoms with Gasteiger partial charge in [-0.25, -0.2) is 13.4 Å². The van der Waals surface area contributed by atoms with E-state index in [9.17, 15) is 13.5 Å². The van der Waals surface area contributed by atoms with Crippen LogP contribution in [0.1, 0.15) is 11.1 Å². The topological polar surface area (TPSA) is 94.5 Å². The van der Waals surface area contributed by atoms with Gasteiger partial charge < -0.3 is 10.1 Å². The average Bonchev–Trinajstić information content (AvgIpc) is 3.19. The minimum Gasteiger partial charge on any atom is -0.494 e. The standard InChI is InChI=1S/C27H20ClN3O3S/c28-19-11-13-20(14-12-19)29-26(18-7-3-1-4-8-18)25-23-17-22(15-16-24(23)30-27(25)32)35(33,34)31-21-9-5-2-6-10-21/h1-17,30-32H. The van der Waals surface area contributed by atoms with Crippen LogP contribution in [0.2, 0.25) is 5.02 Å². The van der Waals surface area contributed by atoms with Crippen LogP contribution in [0.4, 0.5) is 11.4 Å². The molecule has 5 rings (SSSR count). The second kappa shape index (κ2) is 9.29. The number of aromatic hydroxyl groups is 1. The third-order valence-electron chi connectivity index (χ3n) is 5.44. The molecule has 8 heteroatoms. The molecular weight excluding hydrogens is 482 g/mol. The molecule has 0 aliphatic rings. The maximum absolute atomic E-state index is 13.1. The summed E-state index contributed by atoms with van der Waals surface area (Å²) < 4.78 is 28.8.